The lowest BCUT2D eigenvalue weighted by Crippen LogP contribution is -2.73. The minimum atomic E-state index is -2.43. The summed E-state index contributed by atoms with van der Waals surface area (Å²) in [6.07, 6.45) is 0.440. The van der Waals surface area contributed by atoms with Crippen molar-refractivity contribution < 1.29 is 27.2 Å². The van der Waals surface area contributed by atoms with E-state index in [0.29, 0.717) is 25.9 Å². The van der Waals surface area contributed by atoms with Gasteiger partial charge in [-0.3, -0.25) is 9.69 Å². The first-order chi connectivity index (χ1) is 19.7. The summed E-state index contributed by atoms with van der Waals surface area (Å²) in [5.74, 6) is 0.104. The molecule has 0 aromatic rings. The summed E-state index contributed by atoms with van der Waals surface area (Å²) in [6, 6.07) is 0. The molecule has 0 spiro atoms. The van der Waals surface area contributed by atoms with E-state index in [-0.39, 0.29) is 32.2 Å². The second-order valence-corrected chi connectivity index (χ2v) is 39.4. The van der Waals surface area contributed by atoms with Crippen LogP contribution in [0.3, 0.4) is 0 Å². The number of hydrogen-bond acceptors (Lipinski definition) is 6. The van der Waals surface area contributed by atoms with Crippen molar-refractivity contribution in [1.29, 1.82) is 0 Å². The van der Waals surface area contributed by atoms with Gasteiger partial charge in [-0.1, -0.05) is 83.1 Å². The Hall–Kier alpha value is 0.138. The fourth-order valence-corrected chi connectivity index (χ4v) is 11.0. The highest BCUT2D eigenvalue weighted by Gasteiger charge is 2.78. The van der Waals surface area contributed by atoms with E-state index in [1.165, 1.54) is 0 Å². The standard InChI is InChI=1S/C34H71NO6Si4/c1-29(2,3)42(13,14)37-24-33-28(40-44(17,18)31(7,8)9)25(39-43(15,16)30(4,5)6)23-27(38-33)35-26(36)21-22-34(33,35)41-45(19,20)32(10,11)12/h25,27-28H,21-24H2,1-20H3/t25-,27+,28+,33-,34+/m1/s1. The molecular weight excluding hydrogens is 631 g/mol. The summed E-state index contributed by atoms with van der Waals surface area (Å²) < 4.78 is 37.2. The average molecular weight is 702 g/mol. The number of carbonyl (C=O) groups is 1. The highest BCUT2D eigenvalue weighted by Crippen LogP contribution is 2.61. The summed E-state index contributed by atoms with van der Waals surface area (Å²) in [4.78, 5) is 16.0. The Labute approximate surface area is 281 Å². The molecule has 0 unspecified atom stereocenters. The van der Waals surface area contributed by atoms with Gasteiger partial charge >= 0.3 is 0 Å². The van der Waals surface area contributed by atoms with Crippen LogP contribution >= 0.6 is 0 Å². The summed E-state index contributed by atoms with van der Waals surface area (Å²) in [6.45, 7) is 46.1. The second-order valence-electron chi connectivity index (χ2n) is 20.4. The summed E-state index contributed by atoms with van der Waals surface area (Å²) in [5, 5.41) is -0.0894. The first-order valence-corrected chi connectivity index (χ1v) is 29.0. The zero-order chi connectivity index (χ0) is 35.3. The van der Waals surface area contributed by atoms with Gasteiger partial charge in [-0.15, -0.1) is 0 Å². The summed E-state index contributed by atoms with van der Waals surface area (Å²) in [5.41, 5.74) is -2.02. The van der Waals surface area contributed by atoms with Gasteiger partial charge in [-0.2, -0.15) is 0 Å². The van der Waals surface area contributed by atoms with Crippen LogP contribution in [0.2, 0.25) is 72.5 Å². The van der Waals surface area contributed by atoms with Crippen LogP contribution in [0.15, 0.2) is 0 Å². The quantitative estimate of drug-likeness (QED) is 0.223. The largest absolute Gasteiger partial charge is 0.414 e. The zero-order valence-electron chi connectivity index (χ0n) is 33.0. The first kappa shape index (κ1) is 39.6. The van der Waals surface area contributed by atoms with Crippen molar-refractivity contribution in [3.63, 3.8) is 0 Å². The van der Waals surface area contributed by atoms with Crippen LogP contribution in [-0.2, 0) is 27.2 Å². The molecule has 264 valence electrons. The Balaban J connectivity index is 2.37. The SMILES string of the molecule is CC(C)(C)[Si](C)(C)OC[C@@]12O[C@@H](C[C@@H](O[Si](C)(C)C(C)(C)C)[C@@H]1O[Si](C)(C)C(C)(C)C)N1C(=O)CC[C@@]12O[Si](C)(C)C(C)(C)C. The van der Waals surface area contributed by atoms with E-state index >= 15 is 0 Å². The Morgan fingerprint density at radius 1 is 0.711 bits per heavy atom. The molecule has 0 aliphatic carbocycles. The molecule has 11 heteroatoms. The number of fused-ring (bicyclic) bond motifs is 5. The number of rotatable bonds is 9. The van der Waals surface area contributed by atoms with Gasteiger partial charge in [-0.25, -0.2) is 0 Å². The van der Waals surface area contributed by atoms with Crippen LogP contribution in [0.1, 0.15) is 102 Å². The Kier molecular flexibility index (Phi) is 10.2. The minimum Gasteiger partial charge on any atom is -0.414 e. The van der Waals surface area contributed by atoms with Crippen molar-refractivity contribution in [1.82, 2.24) is 4.90 Å². The maximum absolute atomic E-state index is 14.0. The number of carbonyl (C=O) groups excluding carboxylic acids is 1. The number of amides is 1. The van der Waals surface area contributed by atoms with Gasteiger partial charge in [-0.05, 0) is 72.5 Å². The molecule has 1 amide bonds. The Bertz CT molecular complexity index is 1110. The van der Waals surface area contributed by atoms with E-state index in [1.807, 2.05) is 4.90 Å². The van der Waals surface area contributed by atoms with Crippen LogP contribution in [0.4, 0.5) is 0 Å². The van der Waals surface area contributed by atoms with Gasteiger partial charge in [0, 0.05) is 19.3 Å². The summed E-state index contributed by atoms with van der Waals surface area (Å²) in [7, 11) is -9.31. The minimum absolute atomic E-state index is 0.00176. The zero-order valence-corrected chi connectivity index (χ0v) is 37.0. The molecule has 5 atom stereocenters. The molecule has 7 nitrogen and oxygen atoms in total. The molecule has 3 aliphatic heterocycles. The fourth-order valence-electron chi connectivity index (χ4n) is 5.81. The molecule has 45 heavy (non-hydrogen) atoms. The number of ether oxygens (including phenoxy) is 1. The molecule has 0 aromatic carbocycles. The van der Waals surface area contributed by atoms with E-state index < -0.39 is 56.9 Å². The van der Waals surface area contributed by atoms with E-state index in [0.717, 1.165) is 0 Å². The van der Waals surface area contributed by atoms with E-state index in [1.54, 1.807) is 0 Å². The Morgan fingerprint density at radius 3 is 1.60 bits per heavy atom. The lowest BCUT2D eigenvalue weighted by atomic mass is 9.81. The van der Waals surface area contributed by atoms with Gasteiger partial charge in [0.25, 0.3) is 0 Å². The van der Waals surface area contributed by atoms with Gasteiger partial charge in [0.2, 0.25) is 5.91 Å². The summed E-state index contributed by atoms with van der Waals surface area (Å²) >= 11 is 0. The van der Waals surface area contributed by atoms with Gasteiger partial charge < -0.3 is 22.4 Å². The molecule has 3 heterocycles. The van der Waals surface area contributed by atoms with Crippen molar-refractivity contribution in [2.75, 3.05) is 6.61 Å². The van der Waals surface area contributed by atoms with Crippen molar-refractivity contribution >= 4 is 39.2 Å². The predicted octanol–water partition coefficient (Wildman–Crippen LogP) is 9.63. The highest BCUT2D eigenvalue weighted by molar-refractivity contribution is 6.75. The predicted molar refractivity (Wildman–Crippen MR) is 197 cm³/mol. The third-order valence-electron chi connectivity index (χ3n) is 13.0. The Morgan fingerprint density at radius 2 is 1.16 bits per heavy atom. The fraction of sp³-hybridized carbons (Fsp3) is 0.971. The van der Waals surface area contributed by atoms with E-state index in [9.17, 15) is 4.79 Å². The lowest BCUT2D eigenvalue weighted by molar-refractivity contribution is -0.240. The van der Waals surface area contributed by atoms with Crippen LogP contribution in [0.5, 0.6) is 0 Å². The highest BCUT2D eigenvalue weighted by atomic mass is 28.4. The van der Waals surface area contributed by atoms with E-state index in [4.69, 9.17) is 22.4 Å². The van der Waals surface area contributed by atoms with Crippen molar-refractivity contribution in [2.45, 2.75) is 205 Å². The monoisotopic (exact) mass is 701 g/mol. The third-order valence-corrected chi connectivity index (χ3v) is 30.9. The van der Waals surface area contributed by atoms with Gasteiger partial charge in [0.05, 0.1) is 12.7 Å². The average Bonchev–Trinajstić information content (AvgIpc) is 3.23. The van der Waals surface area contributed by atoms with Gasteiger partial charge in [0.15, 0.2) is 44.6 Å². The molecule has 3 rings (SSSR count). The maximum Gasteiger partial charge on any atom is 0.227 e. The molecule has 3 saturated heterocycles. The molecule has 0 N–H and O–H groups in total. The molecule has 2 bridgehead atoms. The van der Waals surface area contributed by atoms with Crippen LogP contribution in [0, 0.1) is 0 Å². The van der Waals surface area contributed by atoms with Crippen molar-refractivity contribution in [3.8, 4) is 0 Å². The molecular formula is C34H71NO6Si4. The number of nitrogens with zero attached hydrogens (tertiary/aromatic N) is 1. The molecule has 0 saturated carbocycles. The smallest absolute Gasteiger partial charge is 0.227 e. The van der Waals surface area contributed by atoms with Crippen LogP contribution in [-0.4, -0.2) is 80.4 Å². The molecule has 0 aromatic heterocycles. The third kappa shape index (κ3) is 6.83. The molecule has 0 radical (unpaired) electrons. The molecule has 3 aliphatic rings. The lowest BCUT2D eigenvalue weighted by Gasteiger charge is -2.57. The van der Waals surface area contributed by atoms with Crippen molar-refractivity contribution in [2.24, 2.45) is 0 Å². The van der Waals surface area contributed by atoms with Gasteiger partial charge in [0.1, 0.15) is 12.3 Å². The van der Waals surface area contributed by atoms with Crippen molar-refractivity contribution in [3.05, 3.63) is 0 Å². The first-order valence-electron chi connectivity index (χ1n) is 17.4. The van der Waals surface area contributed by atoms with E-state index in [2.05, 4.69) is 135 Å². The molecule has 3 fully saturated rings. The van der Waals surface area contributed by atoms with Crippen LogP contribution in [0.25, 0.3) is 0 Å². The topological polar surface area (TPSA) is 66.5 Å². The second kappa shape index (κ2) is 11.6. The van der Waals surface area contributed by atoms with Crippen LogP contribution < -0.4 is 0 Å². The normalized spacial score (nSPS) is 30.7. The number of hydrogen-bond donors (Lipinski definition) is 0. The maximum atomic E-state index is 14.0.